The number of aromatic amines is 1. The van der Waals surface area contributed by atoms with Gasteiger partial charge in [-0.2, -0.15) is 5.16 Å². The number of nitrogens with one attached hydrogen (secondary N) is 3. The Kier molecular flexibility index (Phi) is 7.68. The highest BCUT2D eigenvalue weighted by Crippen LogP contribution is 2.27. The SMILES string of the molecule is COCc1ccc(C(NC(=O)Cc2cc(=O)[nH]o2)C(=O)Nc2ccc(C(C)(C)C)c(F)c2)cc1. The van der Waals surface area contributed by atoms with Crippen LogP contribution >= 0.6 is 0 Å². The van der Waals surface area contributed by atoms with Gasteiger partial charge < -0.3 is 19.9 Å². The van der Waals surface area contributed by atoms with Crippen LogP contribution in [0.1, 0.15) is 49.3 Å². The molecule has 0 fully saturated rings. The summed E-state index contributed by atoms with van der Waals surface area (Å²) in [4.78, 5) is 37.0. The molecule has 2 aromatic carbocycles. The lowest BCUT2D eigenvalue weighted by Gasteiger charge is -2.22. The first-order valence-corrected chi connectivity index (χ1v) is 10.7. The van der Waals surface area contributed by atoms with Crippen LogP contribution in [0.15, 0.2) is 57.8 Å². The van der Waals surface area contributed by atoms with Gasteiger partial charge >= 0.3 is 0 Å². The summed E-state index contributed by atoms with van der Waals surface area (Å²) in [5, 5.41) is 7.45. The normalized spacial score (nSPS) is 12.3. The Balaban J connectivity index is 1.83. The van der Waals surface area contributed by atoms with E-state index in [2.05, 4.69) is 15.8 Å². The van der Waals surface area contributed by atoms with E-state index in [1.165, 1.54) is 6.07 Å². The van der Waals surface area contributed by atoms with Crippen molar-refractivity contribution in [3.8, 4) is 0 Å². The molecule has 34 heavy (non-hydrogen) atoms. The second-order valence-corrected chi connectivity index (χ2v) is 8.96. The highest BCUT2D eigenvalue weighted by molar-refractivity contribution is 5.98. The molecule has 180 valence electrons. The lowest BCUT2D eigenvalue weighted by atomic mass is 9.86. The first kappa shape index (κ1) is 24.9. The summed E-state index contributed by atoms with van der Waals surface area (Å²) < 4.78 is 24.6. The third-order valence-electron chi connectivity index (χ3n) is 5.15. The Morgan fingerprint density at radius 1 is 1.12 bits per heavy atom. The molecule has 8 nitrogen and oxygen atoms in total. The molecule has 0 aliphatic carbocycles. The second kappa shape index (κ2) is 10.5. The fourth-order valence-electron chi connectivity index (χ4n) is 3.47. The predicted octanol–water partition coefficient (Wildman–Crippen LogP) is 3.59. The molecule has 0 saturated heterocycles. The van der Waals surface area contributed by atoms with Crippen LogP contribution in [0.2, 0.25) is 0 Å². The van der Waals surface area contributed by atoms with Gasteiger partial charge in [-0.25, -0.2) is 4.39 Å². The molecule has 1 atom stereocenters. The number of hydrogen-bond acceptors (Lipinski definition) is 5. The Morgan fingerprint density at radius 3 is 2.38 bits per heavy atom. The zero-order valence-corrected chi connectivity index (χ0v) is 19.5. The van der Waals surface area contributed by atoms with Gasteiger partial charge in [0.05, 0.1) is 13.0 Å². The number of methoxy groups -OCH3 is 1. The molecular formula is C25H28FN3O5. The quantitative estimate of drug-likeness (QED) is 0.467. The van der Waals surface area contributed by atoms with Gasteiger partial charge in [0.25, 0.3) is 11.5 Å². The zero-order chi connectivity index (χ0) is 24.9. The molecular weight excluding hydrogens is 441 g/mol. The molecule has 0 radical (unpaired) electrons. The van der Waals surface area contributed by atoms with Gasteiger partial charge in [0.1, 0.15) is 17.6 Å². The lowest BCUT2D eigenvalue weighted by Crippen LogP contribution is -2.37. The average Bonchev–Trinajstić information content (AvgIpc) is 3.16. The topological polar surface area (TPSA) is 113 Å². The van der Waals surface area contributed by atoms with Crippen molar-refractivity contribution >= 4 is 17.5 Å². The van der Waals surface area contributed by atoms with Crippen molar-refractivity contribution < 1.29 is 23.2 Å². The molecule has 9 heteroatoms. The maximum Gasteiger partial charge on any atom is 0.280 e. The minimum absolute atomic E-state index is 0.136. The number of aromatic nitrogens is 1. The lowest BCUT2D eigenvalue weighted by molar-refractivity contribution is -0.126. The number of H-pyrrole nitrogens is 1. The monoisotopic (exact) mass is 469 g/mol. The number of amides is 2. The highest BCUT2D eigenvalue weighted by atomic mass is 19.1. The van der Waals surface area contributed by atoms with Crippen LogP contribution in [0.4, 0.5) is 10.1 Å². The van der Waals surface area contributed by atoms with Gasteiger partial charge in [0, 0.05) is 18.9 Å². The largest absolute Gasteiger partial charge is 0.383 e. The molecule has 3 aromatic rings. The maximum absolute atomic E-state index is 14.6. The number of hydrogen-bond donors (Lipinski definition) is 3. The van der Waals surface area contributed by atoms with Crippen LogP contribution in [-0.2, 0) is 32.8 Å². The van der Waals surface area contributed by atoms with Crippen molar-refractivity contribution in [2.45, 2.75) is 45.3 Å². The first-order valence-electron chi connectivity index (χ1n) is 10.7. The standard InChI is InChI=1S/C25H28FN3O5/c1-25(2,3)19-10-9-17(11-20(19)26)27-24(32)23(16-7-5-15(6-8-16)14-33-4)28-21(30)12-18-13-22(31)29-34-18/h5-11,13,23H,12,14H2,1-4H3,(H,27,32)(H,28,30)(H,29,31). The third-order valence-corrected chi connectivity index (χ3v) is 5.15. The molecule has 1 aromatic heterocycles. The van der Waals surface area contributed by atoms with Crippen molar-refractivity contribution in [3.63, 3.8) is 0 Å². The van der Waals surface area contributed by atoms with Crippen LogP contribution < -0.4 is 16.2 Å². The number of benzene rings is 2. The molecule has 0 aliphatic rings. The Labute approximate surface area is 196 Å². The summed E-state index contributed by atoms with van der Waals surface area (Å²) in [6.07, 6.45) is -0.237. The van der Waals surface area contributed by atoms with Gasteiger partial charge in [-0.15, -0.1) is 0 Å². The molecule has 2 amide bonds. The predicted molar refractivity (Wildman–Crippen MR) is 125 cm³/mol. The smallest absolute Gasteiger partial charge is 0.280 e. The number of anilines is 1. The minimum atomic E-state index is -1.07. The molecule has 1 unspecified atom stereocenters. The van der Waals surface area contributed by atoms with E-state index in [1.54, 1.807) is 43.5 Å². The van der Waals surface area contributed by atoms with Gasteiger partial charge in [-0.05, 0) is 34.2 Å². The van der Waals surface area contributed by atoms with Crippen LogP contribution in [0.25, 0.3) is 0 Å². The molecule has 3 N–H and O–H groups in total. The number of carbonyl (C=O) groups is 2. The fraction of sp³-hybridized carbons (Fsp3) is 0.320. The molecule has 0 bridgehead atoms. The molecule has 0 saturated carbocycles. The first-order chi connectivity index (χ1) is 16.1. The van der Waals surface area contributed by atoms with E-state index in [-0.39, 0.29) is 23.3 Å². The second-order valence-electron chi connectivity index (χ2n) is 8.96. The average molecular weight is 470 g/mol. The molecule has 1 heterocycles. The Bertz CT molecular complexity index is 1210. The Morgan fingerprint density at radius 2 is 1.82 bits per heavy atom. The summed E-state index contributed by atoms with van der Waals surface area (Å²) in [6.45, 7) is 6.09. The molecule has 0 aliphatic heterocycles. The van der Waals surface area contributed by atoms with Gasteiger partial charge in [0.15, 0.2) is 0 Å². The number of carbonyl (C=O) groups excluding carboxylic acids is 2. The van der Waals surface area contributed by atoms with E-state index in [9.17, 15) is 18.8 Å². The van der Waals surface area contributed by atoms with Crippen LogP contribution in [0.3, 0.4) is 0 Å². The van der Waals surface area contributed by atoms with Crippen molar-refractivity contribution in [1.29, 1.82) is 0 Å². The van der Waals surface area contributed by atoms with Gasteiger partial charge in [-0.3, -0.25) is 14.4 Å². The number of ether oxygens (including phenoxy) is 1. The van der Waals surface area contributed by atoms with E-state index in [0.717, 1.165) is 11.6 Å². The summed E-state index contributed by atoms with van der Waals surface area (Å²) >= 11 is 0. The van der Waals surface area contributed by atoms with Crippen LogP contribution in [0.5, 0.6) is 0 Å². The molecule has 0 spiro atoms. The Hall–Kier alpha value is -3.72. The third kappa shape index (κ3) is 6.41. The zero-order valence-electron chi connectivity index (χ0n) is 19.5. The van der Waals surface area contributed by atoms with Gasteiger partial charge in [0.2, 0.25) is 5.91 Å². The van der Waals surface area contributed by atoms with E-state index in [0.29, 0.717) is 17.7 Å². The van der Waals surface area contributed by atoms with E-state index >= 15 is 0 Å². The van der Waals surface area contributed by atoms with E-state index < -0.39 is 29.2 Å². The van der Waals surface area contributed by atoms with Crippen LogP contribution in [0, 0.1) is 5.82 Å². The van der Waals surface area contributed by atoms with E-state index in [1.807, 2.05) is 20.8 Å². The summed E-state index contributed by atoms with van der Waals surface area (Å²) in [7, 11) is 1.58. The molecule has 3 rings (SSSR count). The van der Waals surface area contributed by atoms with Crippen LogP contribution in [-0.4, -0.2) is 24.1 Å². The summed E-state index contributed by atoms with van der Waals surface area (Å²) in [6, 6.07) is 11.6. The minimum Gasteiger partial charge on any atom is -0.383 e. The van der Waals surface area contributed by atoms with Gasteiger partial charge in [-0.1, -0.05) is 51.1 Å². The number of halogens is 1. The summed E-state index contributed by atoms with van der Waals surface area (Å²) in [5.41, 5.74) is 1.35. The number of rotatable bonds is 8. The fourth-order valence-corrected chi connectivity index (χ4v) is 3.47. The van der Waals surface area contributed by atoms with Crippen molar-refractivity contribution in [2.24, 2.45) is 0 Å². The highest BCUT2D eigenvalue weighted by Gasteiger charge is 2.25. The van der Waals surface area contributed by atoms with E-state index in [4.69, 9.17) is 9.26 Å². The summed E-state index contributed by atoms with van der Waals surface area (Å²) in [5.74, 6) is -1.38. The maximum atomic E-state index is 14.6. The van der Waals surface area contributed by atoms with Crippen molar-refractivity contribution in [3.05, 3.63) is 87.2 Å². The van der Waals surface area contributed by atoms with Crippen molar-refractivity contribution in [1.82, 2.24) is 10.5 Å². The van der Waals surface area contributed by atoms with Crippen molar-refractivity contribution in [2.75, 3.05) is 12.4 Å².